The van der Waals surface area contributed by atoms with Gasteiger partial charge in [0.15, 0.2) is 0 Å². The summed E-state index contributed by atoms with van der Waals surface area (Å²) in [6, 6.07) is 16.7. The van der Waals surface area contributed by atoms with Crippen molar-refractivity contribution in [1.29, 1.82) is 0 Å². The molecule has 0 unspecified atom stereocenters. The second-order valence-electron chi connectivity index (χ2n) is 16.0. The van der Waals surface area contributed by atoms with Crippen LogP contribution in [0.2, 0.25) is 0 Å². The lowest BCUT2D eigenvalue weighted by molar-refractivity contribution is -0.143. The molecule has 2 aromatic carbocycles. The van der Waals surface area contributed by atoms with Gasteiger partial charge in [-0.25, -0.2) is 4.79 Å². The van der Waals surface area contributed by atoms with Gasteiger partial charge in [-0.15, -0.1) is 0 Å². The number of hydrogen-bond donors (Lipinski definition) is 0. The molecule has 1 aliphatic heterocycles. The fraction of sp³-hybridized carbons (Fsp3) is 0.533. The largest absolute Gasteiger partial charge is 0.494 e. The molecule has 6 rings (SSSR count). The number of ether oxygens (including phenoxy) is 4. The molecule has 10 nitrogen and oxygen atoms in total. The van der Waals surface area contributed by atoms with Crippen LogP contribution in [0.5, 0.6) is 5.75 Å². The van der Waals surface area contributed by atoms with Crippen molar-refractivity contribution < 1.29 is 33.3 Å². The lowest BCUT2D eigenvalue weighted by Crippen LogP contribution is -2.51. The second-order valence-corrected chi connectivity index (χ2v) is 16.0. The van der Waals surface area contributed by atoms with Crippen LogP contribution in [0.1, 0.15) is 101 Å². The first-order valence-electron chi connectivity index (χ1n) is 20.2. The number of fused-ring (bicyclic) bond motifs is 1. The topological polar surface area (TPSA) is 99.5 Å². The van der Waals surface area contributed by atoms with Crippen molar-refractivity contribution in [2.24, 2.45) is 5.92 Å². The number of aromatic nitrogens is 1. The summed E-state index contributed by atoms with van der Waals surface area (Å²) in [6.45, 7) is 11.2. The number of carbonyl (C=O) groups is 3. The average molecular weight is 754 g/mol. The number of esters is 1. The molecule has 296 valence electrons. The number of aryl methyl sites for hydroxylation is 1. The SMILES string of the molecule is CCOC(=O)CCCOc1ccc(-c2cccc([C@H]3CCN(C(=O)OC(C)(C)C)C[C@@H]3C(=O)N(Cc3cn(CCCOC)c4c3C=CCC4)C3CC3)c2)cc1. The van der Waals surface area contributed by atoms with Crippen LogP contribution in [0.4, 0.5) is 4.79 Å². The van der Waals surface area contributed by atoms with Crippen LogP contribution in [0.3, 0.4) is 0 Å². The highest BCUT2D eigenvalue weighted by molar-refractivity contribution is 5.82. The summed E-state index contributed by atoms with van der Waals surface area (Å²) in [5.41, 5.74) is 6.34. The molecule has 0 spiro atoms. The maximum atomic E-state index is 15.0. The quantitative estimate of drug-likeness (QED) is 0.107. The van der Waals surface area contributed by atoms with Crippen LogP contribution in [0.25, 0.3) is 17.2 Å². The van der Waals surface area contributed by atoms with Gasteiger partial charge in [0.05, 0.1) is 19.1 Å². The minimum atomic E-state index is -0.631. The summed E-state index contributed by atoms with van der Waals surface area (Å²) in [5, 5.41) is 0. The number of nitrogens with zero attached hydrogens (tertiary/aromatic N) is 3. The molecular weight excluding hydrogens is 695 g/mol. The smallest absolute Gasteiger partial charge is 0.410 e. The normalized spacial score (nSPS) is 18.1. The summed E-state index contributed by atoms with van der Waals surface area (Å²) < 4.78 is 24.4. The second kappa shape index (κ2) is 18.4. The predicted octanol–water partition coefficient (Wildman–Crippen LogP) is 8.40. The monoisotopic (exact) mass is 753 g/mol. The Kier molecular flexibility index (Phi) is 13.4. The Hall–Kier alpha value is -4.57. The van der Waals surface area contributed by atoms with Crippen LogP contribution in [0, 0.1) is 5.92 Å². The maximum Gasteiger partial charge on any atom is 0.410 e. The van der Waals surface area contributed by atoms with E-state index in [4.69, 9.17) is 18.9 Å². The lowest BCUT2D eigenvalue weighted by Gasteiger charge is -2.40. The van der Waals surface area contributed by atoms with Gasteiger partial charge in [-0.05, 0) is 113 Å². The number of allylic oxidation sites excluding steroid dienone is 1. The van der Waals surface area contributed by atoms with E-state index in [0.717, 1.165) is 61.1 Å². The zero-order valence-electron chi connectivity index (χ0n) is 33.4. The van der Waals surface area contributed by atoms with Crippen molar-refractivity contribution in [3.63, 3.8) is 0 Å². The zero-order valence-corrected chi connectivity index (χ0v) is 33.4. The number of methoxy groups -OCH3 is 1. The standard InChI is InChI=1S/C45H59N3O7/c1-6-53-42(49)16-10-27-54-37-21-17-32(18-22-37)33-12-9-13-34(28-33)38-23-25-47(44(51)55-45(2,3)4)31-40(38)43(50)48(36-19-20-36)30-35-29-46(24-11-26-52-5)41-15-8-7-14-39(35)41/h7,9,12-14,17-18,21-22,28-29,36,38,40H,6,8,10-11,15-16,19-20,23-27,30-31H2,1-5H3/t38-,40+/m1/s1. The van der Waals surface area contributed by atoms with E-state index in [1.54, 1.807) is 18.9 Å². The third-order valence-electron chi connectivity index (χ3n) is 10.7. The van der Waals surface area contributed by atoms with Gasteiger partial charge < -0.3 is 33.3 Å². The first-order chi connectivity index (χ1) is 26.5. The summed E-state index contributed by atoms with van der Waals surface area (Å²) in [6.07, 6.45) is 12.9. The fourth-order valence-electron chi connectivity index (χ4n) is 7.88. The summed E-state index contributed by atoms with van der Waals surface area (Å²) in [7, 11) is 1.74. The number of amides is 2. The molecule has 2 amide bonds. The summed E-state index contributed by atoms with van der Waals surface area (Å²) in [5.74, 6) is 0.156. The van der Waals surface area contributed by atoms with Gasteiger partial charge >= 0.3 is 12.1 Å². The van der Waals surface area contributed by atoms with Crippen LogP contribution in [-0.4, -0.2) is 84.0 Å². The van der Waals surface area contributed by atoms with E-state index in [-0.39, 0.29) is 29.9 Å². The third kappa shape index (κ3) is 10.6. The molecule has 2 heterocycles. The summed E-state index contributed by atoms with van der Waals surface area (Å²) >= 11 is 0. The Morgan fingerprint density at radius 2 is 1.76 bits per heavy atom. The number of rotatable bonds is 16. The van der Waals surface area contributed by atoms with Crippen molar-refractivity contribution in [2.45, 2.75) is 110 Å². The Labute approximate surface area is 326 Å². The van der Waals surface area contributed by atoms with E-state index in [1.165, 1.54) is 16.8 Å². The fourth-order valence-corrected chi connectivity index (χ4v) is 7.88. The number of hydrogen-bond acceptors (Lipinski definition) is 7. The summed E-state index contributed by atoms with van der Waals surface area (Å²) in [4.78, 5) is 44.0. The Morgan fingerprint density at radius 1 is 0.964 bits per heavy atom. The van der Waals surface area contributed by atoms with Gasteiger partial charge in [-0.1, -0.05) is 48.6 Å². The maximum absolute atomic E-state index is 15.0. The van der Waals surface area contributed by atoms with Crippen molar-refractivity contribution in [3.05, 3.63) is 83.2 Å². The molecule has 2 aliphatic carbocycles. The van der Waals surface area contributed by atoms with Crippen LogP contribution >= 0.6 is 0 Å². The zero-order chi connectivity index (χ0) is 39.0. The van der Waals surface area contributed by atoms with E-state index in [2.05, 4.69) is 52.1 Å². The molecule has 3 aliphatic rings. The van der Waals surface area contributed by atoms with Crippen LogP contribution < -0.4 is 4.74 Å². The minimum Gasteiger partial charge on any atom is -0.494 e. The molecule has 0 bridgehead atoms. The van der Waals surface area contributed by atoms with Gasteiger partial charge in [-0.2, -0.15) is 0 Å². The number of carbonyl (C=O) groups excluding carboxylic acids is 3. The van der Waals surface area contributed by atoms with Crippen LogP contribution in [-0.2, 0) is 43.3 Å². The number of benzene rings is 2. The molecule has 1 aromatic heterocycles. The molecule has 1 saturated heterocycles. The van der Waals surface area contributed by atoms with E-state index >= 15 is 4.79 Å². The van der Waals surface area contributed by atoms with Gasteiger partial charge in [0.1, 0.15) is 11.4 Å². The Morgan fingerprint density at radius 3 is 2.49 bits per heavy atom. The number of piperidine rings is 1. The molecule has 0 radical (unpaired) electrons. The van der Waals surface area contributed by atoms with Crippen molar-refractivity contribution in [1.82, 2.24) is 14.4 Å². The molecule has 2 atom stereocenters. The van der Waals surface area contributed by atoms with Gasteiger partial charge in [0.25, 0.3) is 0 Å². The predicted molar refractivity (Wildman–Crippen MR) is 214 cm³/mol. The minimum absolute atomic E-state index is 0.0677. The van der Waals surface area contributed by atoms with Crippen molar-refractivity contribution in [3.8, 4) is 16.9 Å². The van der Waals surface area contributed by atoms with E-state index in [0.29, 0.717) is 58.7 Å². The highest BCUT2D eigenvalue weighted by atomic mass is 16.6. The van der Waals surface area contributed by atoms with E-state index in [9.17, 15) is 9.59 Å². The van der Waals surface area contributed by atoms with Gasteiger partial charge in [0, 0.05) is 69.8 Å². The third-order valence-corrected chi connectivity index (χ3v) is 10.7. The first-order valence-corrected chi connectivity index (χ1v) is 20.2. The molecule has 10 heteroatoms. The molecule has 0 N–H and O–H groups in total. The van der Waals surface area contributed by atoms with Crippen molar-refractivity contribution in [2.75, 3.05) is 40.0 Å². The van der Waals surface area contributed by atoms with Gasteiger partial charge in [-0.3, -0.25) is 9.59 Å². The molecule has 55 heavy (non-hydrogen) atoms. The first kappa shape index (κ1) is 40.1. The Balaban J connectivity index is 1.23. The molecule has 1 saturated carbocycles. The van der Waals surface area contributed by atoms with Crippen LogP contribution in [0.15, 0.2) is 60.8 Å². The molecule has 3 aromatic rings. The highest BCUT2D eigenvalue weighted by Crippen LogP contribution is 2.40. The van der Waals surface area contributed by atoms with Gasteiger partial charge in [0.2, 0.25) is 5.91 Å². The van der Waals surface area contributed by atoms with E-state index in [1.807, 2.05) is 45.0 Å². The molecular formula is C45H59N3O7. The molecule has 2 fully saturated rings. The average Bonchev–Trinajstić information content (AvgIpc) is 3.97. The Bertz CT molecular complexity index is 1800. The van der Waals surface area contributed by atoms with E-state index < -0.39 is 11.5 Å². The van der Waals surface area contributed by atoms with Crippen molar-refractivity contribution >= 4 is 24.0 Å². The number of likely N-dealkylation sites (tertiary alicyclic amines) is 1. The highest BCUT2D eigenvalue weighted by Gasteiger charge is 2.43. The lowest BCUT2D eigenvalue weighted by atomic mass is 9.79.